The molecule has 1 atom stereocenters. The minimum Gasteiger partial charge on any atom is -0.497 e. The van der Waals surface area contributed by atoms with E-state index in [9.17, 15) is 14.0 Å². The van der Waals surface area contributed by atoms with E-state index in [0.29, 0.717) is 28.3 Å². The van der Waals surface area contributed by atoms with E-state index in [4.69, 9.17) is 14.6 Å². The number of nitrogens with zero attached hydrogens (tertiary/aromatic N) is 2. The molecule has 0 aliphatic carbocycles. The Morgan fingerprint density at radius 1 is 1.17 bits per heavy atom. The van der Waals surface area contributed by atoms with Crippen LogP contribution in [-0.4, -0.2) is 41.9 Å². The molecule has 0 fully saturated rings. The summed E-state index contributed by atoms with van der Waals surface area (Å²) in [6.45, 7) is 0. The minimum atomic E-state index is -1.08. The quantitative estimate of drug-likeness (QED) is 0.770. The topological polar surface area (TPSA) is 88.4 Å². The third-order valence-electron chi connectivity index (χ3n) is 4.70. The van der Waals surface area contributed by atoms with Crippen molar-refractivity contribution in [3.8, 4) is 11.5 Å². The lowest BCUT2D eigenvalue weighted by Crippen LogP contribution is -2.28. The van der Waals surface area contributed by atoms with Gasteiger partial charge in [0.1, 0.15) is 17.3 Å². The summed E-state index contributed by atoms with van der Waals surface area (Å²) in [6, 6.07) is 10.7. The average Bonchev–Trinajstić information content (AvgIpc) is 3.16. The van der Waals surface area contributed by atoms with Crippen molar-refractivity contribution in [2.45, 2.75) is 25.3 Å². The van der Waals surface area contributed by atoms with Crippen LogP contribution >= 0.6 is 0 Å². The smallest absolute Gasteiger partial charge is 0.303 e. The van der Waals surface area contributed by atoms with E-state index < -0.39 is 23.7 Å². The number of hydrogen-bond acceptors (Lipinski definition) is 5. The molecule has 7 nitrogen and oxygen atoms in total. The summed E-state index contributed by atoms with van der Waals surface area (Å²) in [4.78, 5) is 23.5. The van der Waals surface area contributed by atoms with E-state index in [-0.39, 0.29) is 19.3 Å². The molecule has 3 rings (SSSR count). The predicted octanol–water partition coefficient (Wildman–Crippen LogP) is 3.39. The minimum absolute atomic E-state index is 0.225. The maximum absolute atomic E-state index is 14.4. The van der Waals surface area contributed by atoms with Gasteiger partial charge in [-0.25, -0.2) is 9.40 Å². The van der Waals surface area contributed by atoms with E-state index in [1.165, 1.54) is 18.2 Å². The molecule has 8 heteroatoms. The summed E-state index contributed by atoms with van der Waals surface area (Å²) in [5.74, 6) is -0.907. The van der Waals surface area contributed by atoms with E-state index in [0.717, 1.165) is 0 Å². The Hall–Kier alpha value is -3.42. The fourth-order valence-corrected chi connectivity index (χ4v) is 3.26. The number of carboxylic acids is 1. The predicted molar refractivity (Wildman–Crippen MR) is 104 cm³/mol. The van der Waals surface area contributed by atoms with Gasteiger partial charge in [0.05, 0.1) is 32.4 Å². The van der Waals surface area contributed by atoms with Gasteiger partial charge >= 0.3 is 5.97 Å². The van der Waals surface area contributed by atoms with Gasteiger partial charge in [0, 0.05) is 30.0 Å². The molecule has 1 amide bonds. The Kier molecular flexibility index (Phi) is 6.11. The highest BCUT2D eigenvalue weighted by Gasteiger charge is 2.35. The second-order valence-corrected chi connectivity index (χ2v) is 6.49. The molecule has 0 saturated carbocycles. The first-order valence-corrected chi connectivity index (χ1v) is 9.02. The molecule has 0 unspecified atom stereocenters. The van der Waals surface area contributed by atoms with Crippen molar-refractivity contribution >= 4 is 17.6 Å². The lowest BCUT2D eigenvalue weighted by Gasteiger charge is -2.22. The fraction of sp³-hybridized carbons (Fsp3) is 0.286. The highest BCUT2D eigenvalue weighted by molar-refractivity contribution is 6.05. The Bertz CT molecular complexity index is 960. The van der Waals surface area contributed by atoms with Crippen LogP contribution in [0.4, 0.5) is 4.39 Å². The number of halogens is 1. The summed E-state index contributed by atoms with van der Waals surface area (Å²) in [5, 5.41) is 14.5. The number of ether oxygens (including phenoxy) is 2. The van der Waals surface area contributed by atoms with Crippen molar-refractivity contribution in [2.75, 3.05) is 14.2 Å². The zero-order chi connectivity index (χ0) is 21.0. The Morgan fingerprint density at radius 3 is 2.59 bits per heavy atom. The Morgan fingerprint density at radius 2 is 1.93 bits per heavy atom. The van der Waals surface area contributed by atoms with Crippen LogP contribution in [0.15, 0.2) is 47.6 Å². The maximum Gasteiger partial charge on any atom is 0.303 e. The van der Waals surface area contributed by atoms with E-state index >= 15 is 0 Å². The molecule has 152 valence electrons. The van der Waals surface area contributed by atoms with Crippen molar-refractivity contribution < 1.29 is 28.6 Å². The number of carbonyl (C=O) groups excluding carboxylic acids is 1. The molecular weight excluding hydrogens is 379 g/mol. The number of amides is 1. The summed E-state index contributed by atoms with van der Waals surface area (Å²) in [6.07, 6.45) is -0.282. The molecule has 29 heavy (non-hydrogen) atoms. The SMILES string of the molecule is COc1ccc(C2=NN(C(=O)CCC(=O)O)[C@H](c3ccccc3F)C2)c(OC)c1. The summed E-state index contributed by atoms with van der Waals surface area (Å²) in [7, 11) is 3.05. The van der Waals surface area contributed by atoms with Crippen molar-refractivity contribution in [3.05, 3.63) is 59.4 Å². The molecule has 0 saturated heterocycles. The van der Waals surface area contributed by atoms with Gasteiger partial charge in [0.15, 0.2) is 0 Å². The largest absolute Gasteiger partial charge is 0.497 e. The van der Waals surface area contributed by atoms with Crippen LogP contribution < -0.4 is 9.47 Å². The summed E-state index contributed by atoms with van der Waals surface area (Å²) < 4.78 is 25.1. The van der Waals surface area contributed by atoms with Gasteiger partial charge in [0.2, 0.25) is 5.91 Å². The van der Waals surface area contributed by atoms with Crippen molar-refractivity contribution in [3.63, 3.8) is 0 Å². The van der Waals surface area contributed by atoms with Gasteiger partial charge < -0.3 is 14.6 Å². The van der Waals surface area contributed by atoms with Crippen molar-refractivity contribution in [1.82, 2.24) is 5.01 Å². The van der Waals surface area contributed by atoms with Gasteiger partial charge in [-0.15, -0.1) is 0 Å². The van der Waals surface area contributed by atoms with Crippen LogP contribution in [0, 0.1) is 5.82 Å². The van der Waals surface area contributed by atoms with E-state index in [1.54, 1.807) is 43.5 Å². The van der Waals surface area contributed by atoms with Crippen LogP contribution in [0.2, 0.25) is 0 Å². The molecule has 0 radical (unpaired) electrons. The average molecular weight is 400 g/mol. The van der Waals surface area contributed by atoms with Gasteiger partial charge in [-0.1, -0.05) is 18.2 Å². The van der Waals surface area contributed by atoms with Crippen LogP contribution in [0.3, 0.4) is 0 Å². The lowest BCUT2D eigenvalue weighted by molar-refractivity contribution is -0.141. The number of methoxy groups -OCH3 is 2. The van der Waals surface area contributed by atoms with Crippen LogP contribution in [0.1, 0.15) is 36.4 Å². The number of aliphatic carboxylic acids is 1. The van der Waals surface area contributed by atoms with E-state index in [1.807, 2.05) is 0 Å². The summed E-state index contributed by atoms with van der Waals surface area (Å²) in [5.41, 5.74) is 1.52. The number of carboxylic acid groups (broad SMARTS) is 1. The van der Waals surface area contributed by atoms with Crippen LogP contribution in [-0.2, 0) is 9.59 Å². The standard InChI is InChI=1S/C21H21FN2O5/c1-28-13-7-8-15(19(11-13)29-2)17-12-18(14-5-3-4-6-16(14)22)24(23-17)20(25)9-10-21(26)27/h3-8,11,18H,9-10,12H2,1-2H3,(H,26,27)/t18-/m0/s1. The molecule has 1 aliphatic rings. The zero-order valence-corrected chi connectivity index (χ0v) is 16.1. The molecule has 1 aliphatic heterocycles. The summed E-state index contributed by atoms with van der Waals surface area (Å²) >= 11 is 0. The van der Waals surface area contributed by atoms with Gasteiger partial charge in [-0.3, -0.25) is 9.59 Å². The van der Waals surface area contributed by atoms with Crippen LogP contribution in [0.25, 0.3) is 0 Å². The van der Waals surface area contributed by atoms with Gasteiger partial charge in [-0.05, 0) is 18.2 Å². The third-order valence-corrected chi connectivity index (χ3v) is 4.70. The van der Waals surface area contributed by atoms with Crippen LogP contribution in [0.5, 0.6) is 11.5 Å². The highest BCUT2D eigenvalue weighted by atomic mass is 19.1. The molecule has 2 aromatic rings. The second kappa shape index (κ2) is 8.72. The normalized spacial score (nSPS) is 15.8. The number of hydrazone groups is 1. The molecule has 2 aromatic carbocycles. The first-order valence-electron chi connectivity index (χ1n) is 9.02. The molecule has 0 aromatic heterocycles. The lowest BCUT2D eigenvalue weighted by atomic mass is 9.97. The van der Waals surface area contributed by atoms with Crippen molar-refractivity contribution in [1.29, 1.82) is 0 Å². The number of carbonyl (C=O) groups is 2. The first-order chi connectivity index (χ1) is 13.9. The Balaban J connectivity index is 1.99. The van der Waals surface area contributed by atoms with Gasteiger partial charge in [0.25, 0.3) is 0 Å². The second-order valence-electron chi connectivity index (χ2n) is 6.49. The highest BCUT2D eigenvalue weighted by Crippen LogP contribution is 2.37. The fourth-order valence-electron chi connectivity index (χ4n) is 3.26. The number of rotatable bonds is 7. The monoisotopic (exact) mass is 400 g/mol. The van der Waals surface area contributed by atoms with E-state index in [2.05, 4.69) is 5.10 Å². The molecular formula is C21H21FN2O5. The first kappa shape index (κ1) is 20.3. The van der Waals surface area contributed by atoms with Gasteiger partial charge in [-0.2, -0.15) is 5.10 Å². The molecule has 0 spiro atoms. The number of hydrogen-bond donors (Lipinski definition) is 1. The number of benzene rings is 2. The molecule has 0 bridgehead atoms. The molecule has 1 N–H and O–H groups in total. The zero-order valence-electron chi connectivity index (χ0n) is 16.1. The van der Waals surface area contributed by atoms with Crippen molar-refractivity contribution in [2.24, 2.45) is 5.10 Å². The molecule has 1 heterocycles. The Labute approximate surface area is 167 Å². The maximum atomic E-state index is 14.4. The third kappa shape index (κ3) is 4.37.